The molecular weight excluding hydrogens is 338 g/mol. The zero-order valence-electron chi connectivity index (χ0n) is 15.5. The Morgan fingerprint density at radius 2 is 1.85 bits per heavy atom. The van der Waals surface area contributed by atoms with Crippen LogP contribution < -0.4 is 20.8 Å². The van der Waals surface area contributed by atoms with E-state index in [0.29, 0.717) is 27.8 Å². The van der Waals surface area contributed by atoms with Gasteiger partial charge in [0.1, 0.15) is 11.3 Å². The second-order valence-electron chi connectivity index (χ2n) is 6.67. The van der Waals surface area contributed by atoms with Gasteiger partial charge < -0.3 is 24.4 Å². The molecule has 1 amide bonds. The van der Waals surface area contributed by atoms with E-state index in [0.717, 1.165) is 5.56 Å². The van der Waals surface area contributed by atoms with Crippen molar-refractivity contribution >= 4 is 22.8 Å². The Morgan fingerprint density at radius 3 is 2.42 bits per heavy atom. The average molecular weight is 360 g/mol. The number of aryl methyl sites for hydroxylation is 2. The highest BCUT2D eigenvalue weighted by molar-refractivity contribution is 5.89. The molecule has 0 saturated heterocycles. The maximum absolute atomic E-state index is 12.1. The maximum atomic E-state index is 12.1. The van der Waals surface area contributed by atoms with E-state index in [1.807, 2.05) is 6.92 Å². The number of amides is 1. The molecule has 2 aromatic rings. The highest BCUT2D eigenvalue weighted by Crippen LogP contribution is 2.30. The number of fused-ring (bicyclic) bond motifs is 1. The normalized spacial score (nSPS) is 12.2. The standard InChI is InChI=1S/C19H23NO6/c1-9(2)17(18(22)23)20-15(21)8-25-13-6-10(3)7-14-16(13)11(4)12(5)19(24)26-14/h6-7,9,17H,8H2,1-5H3,(H,20,21)(H,22,23)/p-1/t17-/m0/s1. The Labute approximate surface area is 151 Å². The van der Waals surface area contributed by atoms with Crippen molar-refractivity contribution < 1.29 is 23.8 Å². The molecule has 0 fully saturated rings. The Balaban J connectivity index is 2.28. The van der Waals surface area contributed by atoms with E-state index in [1.165, 1.54) is 0 Å². The van der Waals surface area contributed by atoms with Gasteiger partial charge in [-0.25, -0.2) is 4.79 Å². The summed E-state index contributed by atoms with van der Waals surface area (Å²) in [5, 5.41) is 14.1. The minimum Gasteiger partial charge on any atom is -0.548 e. The number of carbonyl (C=O) groups excluding carboxylic acids is 2. The first-order chi connectivity index (χ1) is 12.1. The molecule has 140 valence electrons. The zero-order chi connectivity index (χ0) is 19.6. The molecule has 0 spiro atoms. The molecule has 1 aromatic heterocycles. The summed E-state index contributed by atoms with van der Waals surface area (Å²) in [6, 6.07) is 2.37. The predicted molar refractivity (Wildman–Crippen MR) is 94.0 cm³/mol. The lowest BCUT2D eigenvalue weighted by Gasteiger charge is -2.23. The van der Waals surface area contributed by atoms with Crippen LogP contribution in [0.15, 0.2) is 21.3 Å². The van der Waals surface area contributed by atoms with Crippen molar-refractivity contribution in [1.82, 2.24) is 5.32 Å². The molecule has 2 rings (SSSR count). The van der Waals surface area contributed by atoms with Gasteiger partial charge in [-0.05, 0) is 49.9 Å². The van der Waals surface area contributed by atoms with Gasteiger partial charge in [-0.1, -0.05) is 13.8 Å². The summed E-state index contributed by atoms with van der Waals surface area (Å²) >= 11 is 0. The van der Waals surface area contributed by atoms with Crippen LogP contribution in [0.3, 0.4) is 0 Å². The molecule has 1 atom stereocenters. The van der Waals surface area contributed by atoms with Gasteiger partial charge in [0.25, 0.3) is 5.91 Å². The van der Waals surface area contributed by atoms with Gasteiger partial charge in [-0.2, -0.15) is 0 Å². The van der Waals surface area contributed by atoms with Gasteiger partial charge in [0.05, 0.1) is 17.4 Å². The lowest BCUT2D eigenvalue weighted by molar-refractivity contribution is -0.309. The zero-order valence-corrected chi connectivity index (χ0v) is 15.5. The van der Waals surface area contributed by atoms with Crippen molar-refractivity contribution in [1.29, 1.82) is 0 Å². The number of rotatable bonds is 6. The molecule has 0 aliphatic rings. The van der Waals surface area contributed by atoms with Crippen LogP contribution in [0.2, 0.25) is 0 Å². The molecule has 0 saturated carbocycles. The van der Waals surface area contributed by atoms with E-state index in [4.69, 9.17) is 9.15 Å². The van der Waals surface area contributed by atoms with Crippen LogP contribution in [0.1, 0.15) is 30.5 Å². The Morgan fingerprint density at radius 1 is 1.19 bits per heavy atom. The summed E-state index contributed by atoms with van der Waals surface area (Å²) in [7, 11) is 0. The van der Waals surface area contributed by atoms with Crippen LogP contribution in [-0.4, -0.2) is 24.5 Å². The quantitative estimate of drug-likeness (QED) is 0.770. The Bertz CT molecular complexity index is 912. The van der Waals surface area contributed by atoms with E-state index in [9.17, 15) is 19.5 Å². The number of aliphatic carboxylic acids is 1. The van der Waals surface area contributed by atoms with Crippen LogP contribution >= 0.6 is 0 Å². The Hall–Kier alpha value is -2.83. The molecule has 0 unspecified atom stereocenters. The first-order valence-corrected chi connectivity index (χ1v) is 8.29. The molecule has 7 heteroatoms. The van der Waals surface area contributed by atoms with Crippen molar-refractivity contribution in [2.45, 2.75) is 40.7 Å². The second kappa shape index (κ2) is 7.59. The van der Waals surface area contributed by atoms with Gasteiger partial charge in [0.2, 0.25) is 0 Å². The van der Waals surface area contributed by atoms with E-state index in [-0.39, 0.29) is 12.5 Å². The molecule has 0 aliphatic heterocycles. The van der Waals surface area contributed by atoms with Crippen molar-refractivity contribution in [3.8, 4) is 5.75 Å². The fourth-order valence-corrected chi connectivity index (χ4v) is 2.66. The largest absolute Gasteiger partial charge is 0.548 e. The lowest BCUT2D eigenvalue weighted by Crippen LogP contribution is -2.51. The summed E-state index contributed by atoms with van der Waals surface area (Å²) in [5.41, 5.74) is 1.93. The minimum atomic E-state index is -1.34. The van der Waals surface area contributed by atoms with Crippen molar-refractivity contribution in [3.63, 3.8) is 0 Å². The summed E-state index contributed by atoms with van der Waals surface area (Å²) in [6.07, 6.45) is 0. The fraction of sp³-hybridized carbons (Fsp3) is 0.421. The molecule has 1 aromatic carbocycles. The number of hydrogen-bond donors (Lipinski definition) is 1. The third-order valence-electron chi connectivity index (χ3n) is 4.25. The molecule has 26 heavy (non-hydrogen) atoms. The molecule has 7 nitrogen and oxygen atoms in total. The Kier molecular flexibility index (Phi) is 5.69. The summed E-state index contributed by atoms with van der Waals surface area (Å²) in [4.78, 5) is 35.0. The third kappa shape index (κ3) is 4.04. The van der Waals surface area contributed by atoms with E-state index >= 15 is 0 Å². The number of benzene rings is 1. The number of carboxylic acid groups (broad SMARTS) is 1. The average Bonchev–Trinajstić information content (AvgIpc) is 2.54. The number of carboxylic acids is 1. The van der Waals surface area contributed by atoms with E-state index in [2.05, 4.69) is 5.32 Å². The SMILES string of the molecule is Cc1cc(OCC(=O)N[C@H](C(=O)[O-])C(C)C)c2c(C)c(C)c(=O)oc2c1. The van der Waals surface area contributed by atoms with Gasteiger partial charge in [0.15, 0.2) is 6.61 Å². The van der Waals surface area contributed by atoms with Crippen molar-refractivity contribution in [2.24, 2.45) is 5.92 Å². The second-order valence-corrected chi connectivity index (χ2v) is 6.67. The summed E-state index contributed by atoms with van der Waals surface area (Å²) in [5.74, 6) is -1.84. The van der Waals surface area contributed by atoms with E-state index in [1.54, 1.807) is 39.8 Å². The van der Waals surface area contributed by atoms with Crippen molar-refractivity contribution in [2.75, 3.05) is 6.61 Å². The smallest absolute Gasteiger partial charge is 0.339 e. The van der Waals surface area contributed by atoms with Gasteiger partial charge in [-0.15, -0.1) is 0 Å². The van der Waals surface area contributed by atoms with Crippen LogP contribution in [0.25, 0.3) is 11.0 Å². The van der Waals surface area contributed by atoms with Crippen LogP contribution in [0, 0.1) is 26.7 Å². The molecule has 0 aliphatic carbocycles. The molecular formula is C19H22NO6-. The first kappa shape index (κ1) is 19.5. The molecule has 1 N–H and O–H groups in total. The first-order valence-electron chi connectivity index (χ1n) is 8.29. The van der Waals surface area contributed by atoms with Crippen LogP contribution in [0.4, 0.5) is 0 Å². The molecule has 0 radical (unpaired) electrons. The highest BCUT2D eigenvalue weighted by Gasteiger charge is 2.19. The van der Waals surface area contributed by atoms with E-state index < -0.39 is 23.5 Å². The van der Waals surface area contributed by atoms with Gasteiger partial charge in [-0.3, -0.25) is 4.79 Å². The monoisotopic (exact) mass is 360 g/mol. The topological polar surface area (TPSA) is 109 Å². The number of carbonyl (C=O) groups is 2. The molecule has 0 bridgehead atoms. The number of nitrogens with one attached hydrogen (secondary N) is 1. The maximum Gasteiger partial charge on any atom is 0.339 e. The lowest BCUT2D eigenvalue weighted by atomic mass is 10.0. The highest BCUT2D eigenvalue weighted by atomic mass is 16.5. The number of hydrogen-bond acceptors (Lipinski definition) is 6. The van der Waals surface area contributed by atoms with Gasteiger partial charge in [0, 0.05) is 5.56 Å². The van der Waals surface area contributed by atoms with Gasteiger partial charge >= 0.3 is 5.63 Å². The predicted octanol–water partition coefficient (Wildman–Crippen LogP) is 0.988. The van der Waals surface area contributed by atoms with Crippen LogP contribution in [-0.2, 0) is 9.59 Å². The molecule has 1 heterocycles. The third-order valence-corrected chi connectivity index (χ3v) is 4.25. The fourth-order valence-electron chi connectivity index (χ4n) is 2.66. The summed E-state index contributed by atoms with van der Waals surface area (Å²) in [6.45, 7) is 8.22. The minimum absolute atomic E-state index is 0.317. The number of ether oxygens (including phenoxy) is 1. The van der Waals surface area contributed by atoms with Crippen LogP contribution in [0.5, 0.6) is 5.75 Å². The summed E-state index contributed by atoms with van der Waals surface area (Å²) < 4.78 is 10.9. The van der Waals surface area contributed by atoms with Crippen molar-refractivity contribution in [3.05, 3.63) is 39.2 Å².